The lowest BCUT2D eigenvalue weighted by Gasteiger charge is -2.22. The van der Waals surface area contributed by atoms with Crippen molar-refractivity contribution < 1.29 is 22.7 Å². The molecular formula is C13H25NO5S. The molecule has 1 aliphatic rings. The summed E-state index contributed by atoms with van der Waals surface area (Å²) in [6, 6.07) is 0. The highest BCUT2D eigenvalue weighted by Crippen LogP contribution is 2.15. The van der Waals surface area contributed by atoms with Gasteiger partial charge in [0, 0.05) is 13.2 Å². The van der Waals surface area contributed by atoms with Crippen molar-refractivity contribution in [2.45, 2.75) is 39.7 Å². The Kier molecular flexibility index (Phi) is 6.91. The molecule has 0 aromatic rings. The van der Waals surface area contributed by atoms with Gasteiger partial charge in [-0.15, -0.1) is 0 Å². The van der Waals surface area contributed by atoms with Crippen LogP contribution in [0.2, 0.25) is 0 Å². The number of nitrogens with one attached hydrogen (secondary N) is 1. The normalized spacial score (nSPS) is 21.7. The Morgan fingerprint density at radius 3 is 2.65 bits per heavy atom. The second kappa shape index (κ2) is 7.95. The number of carbonyl (C=O) groups is 1. The summed E-state index contributed by atoms with van der Waals surface area (Å²) in [6.45, 7) is 7.02. The highest BCUT2D eigenvalue weighted by atomic mass is 32.2. The first kappa shape index (κ1) is 17.4. The molecule has 0 aromatic heterocycles. The van der Waals surface area contributed by atoms with Gasteiger partial charge in [-0.25, -0.2) is 8.42 Å². The van der Waals surface area contributed by atoms with Gasteiger partial charge in [0.2, 0.25) is 10.0 Å². The average molecular weight is 307 g/mol. The molecule has 6 nitrogen and oxygen atoms in total. The standard InChI is InChI=1S/C13H25NO5S/c1-10(2)7-19-11(3)13(15)14-20(16,17)9-12-5-4-6-18-8-12/h10-12H,4-9H2,1-3H3,(H,14,15). The summed E-state index contributed by atoms with van der Waals surface area (Å²) in [5, 5.41) is 0. The highest BCUT2D eigenvalue weighted by molar-refractivity contribution is 7.90. The largest absolute Gasteiger partial charge is 0.381 e. The maximum atomic E-state index is 11.9. The van der Waals surface area contributed by atoms with Gasteiger partial charge >= 0.3 is 0 Å². The van der Waals surface area contributed by atoms with E-state index < -0.39 is 22.0 Å². The molecule has 0 spiro atoms. The van der Waals surface area contributed by atoms with E-state index in [1.54, 1.807) is 6.92 Å². The van der Waals surface area contributed by atoms with Crippen molar-refractivity contribution in [2.75, 3.05) is 25.6 Å². The first-order valence-corrected chi connectivity index (χ1v) is 8.69. The Hall–Kier alpha value is -0.660. The van der Waals surface area contributed by atoms with E-state index in [0.29, 0.717) is 25.7 Å². The molecule has 2 atom stereocenters. The van der Waals surface area contributed by atoms with Gasteiger partial charge in [-0.3, -0.25) is 9.52 Å². The second-order valence-corrected chi connectivity index (χ2v) is 7.47. The Morgan fingerprint density at radius 1 is 1.40 bits per heavy atom. The van der Waals surface area contributed by atoms with E-state index in [0.717, 1.165) is 12.8 Å². The summed E-state index contributed by atoms with van der Waals surface area (Å²) in [4.78, 5) is 11.8. The predicted octanol–water partition coefficient (Wildman–Crippen LogP) is 0.920. The van der Waals surface area contributed by atoms with Crippen molar-refractivity contribution in [3.8, 4) is 0 Å². The topological polar surface area (TPSA) is 81.7 Å². The van der Waals surface area contributed by atoms with Crippen LogP contribution >= 0.6 is 0 Å². The molecule has 1 fully saturated rings. The fraction of sp³-hybridized carbons (Fsp3) is 0.923. The average Bonchev–Trinajstić information content (AvgIpc) is 2.35. The fourth-order valence-electron chi connectivity index (χ4n) is 1.94. The maximum Gasteiger partial charge on any atom is 0.262 e. The van der Waals surface area contributed by atoms with Crippen LogP contribution in [0.3, 0.4) is 0 Å². The van der Waals surface area contributed by atoms with Crippen molar-refractivity contribution in [3.05, 3.63) is 0 Å². The maximum absolute atomic E-state index is 11.9. The van der Waals surface area contributed by atoms with Crippen molar-refractivity contribution >= 4 is 15.9 Å². The number of sulfonamides is 1. The molecule has 7 heteroatoms. The minimum atomic E-state index is -3.62. The van der Waals surface area contributed by atoms with Gasteiger partial charge in [-0.05, 0) is 31.6 Å². The lowest BCUT2D eigenvalue weighted by atomic mass is 10.1. The molecule has 1 aliphatic heterocycles. The molecular weight excluding hydrogens is 282 g/mol. The van der Waals surface area contributed by atoms with Gasteiger partial charge in [0.25, 0.3) is 5.91 Å². The number of rotatable bonds is 7. The van der Waals surface area contributed by atoms with Crippen molar-refractivity contribution in [2.24, 2.45) is 11.8 Å². The van der Waals surface area contributed by atoms with Gasteiger partial charge in [0.15, 0.2) is 0 Å². The number of amides is 1. The van der Waals surface area contributed by atoms with E-state index in [1.807, 2.05) is 13.8 Å². The molecule has 0 saturated carbocycles. The molecule has 0 radical (unpaired) electrons. The molecule has 1 saturated heterocycles. The summed E-state index contributed by atoms with van der Waals surface area (Å²) in [7, 11) is -3.62. The molecule has 0 aromatic carbocycles. The molecule has 0 aliphatic carbocycles. The van der Waals surface area contributed by atoms with Gasteiger partial charge in [0.05, 0.1) is 12.4 Å². The van der Waals surface area contributed by atoms with Gasteiger partial charge < -0.3 is 9.47 Å². The Morgan fingerprint density at radius 2 is 2.10 bits per heavy atom. The van der Waals surface area contributed by atoms with Gasteiger partial charge in [-0.1, -0.05) is 13.8 Å². The van der Waals surface area contributed by atoms with Crippen LogP contribution in [0.15, 0.2) is 0 Å². The summed E-state index contributed by atoms with van der Waals surface area (Å²) in [6.07, 6.45) is 0.908. The van der Waals surface area contributed by atoms with Crippen LogP contribution in [-0.4, -0.2) is 46.0 Å². The Balaban J connectivity index is 2.41. The molecule has 20 heavy (non-hydrogen) atoms. The third-order valence-corrected chi connectivity index (χ3v) is 4.44. The van der Waals surface area contributed by atoms with Crippen LogP contribution in [0, 0.1) is 11.8 Å². The van der Waals surface area contributed by atoms with Crippen LogP contribution in [0.5, 0.6) is 0 Å². The molecule has 1 N–H and O–H groups in total. The lowest BCUT2D eigenvalue weighted by Crippen LogP contribution is -2.42. The first-order valence-electron chi connectivity index (χ1n) is 7.04. The number of hydrogen-bond donors (Lipinski definition) is 1. The third kappa shape index (κ3) is 6.67. The summed E-state index contributed by atoms with van der Waals surface area (Å²) in [5.41, 5.74) is 0. The smallest absolute Gasteiger partial charge is 0.262 e. The number of hydrogen-bond acceptors (Lipinski definition) is 5. The van der Waals surface area contributed by atoms with E-state index >= 15 is 0 Å². The number of ether oxygens (including phenoxy) is 2. The zero-order valence-electron chi connectivity index (χ0n) is 12.4. The second-order valence-electron chi connectivity index (χ2n) is 5.70. The van der Waals surface area contributed by atoms with E-state index in [4.69, 9.17) is 9.47 Å². The SMILES string of the molecule is CC(C)COC(C)C(=O)NS(=O)(=O)CC1CCCOC1. The monoisotopic (exact) mass is 307 g/mol. The lowest BCUT2D eigenvalue weighted by molar-refractivity contribution is -0.130. The highest BCUT2D eigenvalue weighted by Gasteiger charge is 2.25. The zero-order valence-corrected chi connectivity index (χ0v) is 13.2. The van der Waals surface area contributed by atoms with Gasteiger partial charge in [0.1, 0.15) is 6.10 Å². The third-order valence-electron chi connectivity index (χ3n) is 3.01. The fourth-order valence-corrected chi connectivity index (χ4v) is 3.38. The van der Waals surface area contributed by atoms with Crippen LogP contribution < -0.4 is 4.72 Å². The van der Waals surface area contributed by atoms with Crippen LogP contribution in [0.1, 0.15) is 33.6 Å². The van der Waals surface area contributed by atoms with Crippen molar-refractivity contribution in [1.82, 2.24) is 4.72 Å². The van der Waals surface area contributed by atoms with Crippen LogP contribution in [-0.2, 0) is 24.3 Å². The first-order chi connectivity index (χ1) is 9.30. The molecule has 1 amide bonds. The number of carbonyl (C=O) groups excluding carboxylic acids is 1. The van der Waals surface area contributed by atoms with Crippen LogP contribution in [0.25, 0.3) is 0 Å². The minimum absolute atomic E-state index is 0.0408. The predicted molar refractivity (Wildman–Crippen MR) is 75.7 cm³/mol. The summed E-state index contributed by atoms with van der Waals surface area (Å²) in [5.74, 6) is -0.431. The summed E-state index contributed by atoms with van der Waals surface area (Å²) >= 11 is 0. The quantitative estimate of drug-likeness (QED) is 0.756. The molecule has 118 valence electrons. The Labute approximate surface area is 121 Å². The molecule has 0 bridgehead atoms. The Bertz CT molecular complexity index is 401. The van der Waals surface area contributed by atoms with E-state index in [-0.39, 0.29) is 11.7 Å². The minimum Gasteiger partial charge on any atom is -0.381 e. The van der Waals surface area contributed by atoms with Gasteiger partial charge in [-0.2, -0.15) is 0 Å². The zero-order chi connectivity index (χ0) is 15.2. The van der Waals surface area contributed by atoms with Crippen molar-refractivity contribution in [3.63, 3.8) is 0 Å². The molecule has 1 rings (SSSR count). The van der Waals surface area contributed by atoms with E-state index in [9.17, 15) is 13.2 Å². The molecule has 2 unspecified atom stereocenters. The van der Waals surface area contributed by atoms with E-state index in [2.05, 4.69) is 4.72 Å². The van der Waals surface area contributed by atoms with E-state index in [1.165, 1.54) is 0 Å². The molecule has 1 heterocycles. The summed E-state index contributed by atoms with van der Waals surface area (Å²) < 4.78 is 36.4. The van der Waals surface area contributed by atoms with Crippen molar-refractivity contribution in [1.29, 1.82) is 0 Å². The van der Waals surface area contributed by atoms with Crippen LogP contribution in [0.4, 0.5) is 0 Å².